The number of hydrogen-bond donors (Lipinski definition) is 0. The average molecular weight is 165 g/mol. The van der Waals surface area contributed by atoms with E-state index < -0.39 is 0 Å². The van der Waals surface area contributed by atoms with Crippen molar-refractivity contribution >= 4 is 17.4 Å². The first kappa shape index (κ1) is 6.54. The van der Waals surface area contributed by atoms with Crippen LogP contribution in [0.15, 0.2) is 29.9 Å². The molecule has 0 saturated carbocycles. The number of anilines is 1. The van der Waals surface area contributed by atoms with E-state index in [9.17, 15) is 0 Å². The molecule has 1 aliphatic rings. The largest absolute Gasteiger partial charge is 0.307 e. The zero-order valence-electron chi connectivity index (χ0n) is 5.84. The lowest BCUT2D eigenvalue weighted by atomic mass is 10.3. The molecule has 11 heavy (non-hydrogen) atoms. The normalized spacial score (nSPS) is 15.8. The van der Waals surface area contributed by atoms with Crippen molar-refractivity contribution in [1.82, 2.24) is 9.59 Å². The van der Waals surface area contributed by atoms with Crippen LogP contribution in [0.25, 0.3) is 0 Å². The van der Waals surface area contributed by atoms with Crippen molar-refractivity contribution in [3.05, 3.63) is 29.9 Å². The molecule has 1 aromatic heterocycles. The molecule has 0 spiro atoms. The van der Waals surface area contributed by atoms with Crippen molar-refractivity contribution in [3.63, 3.8) is 0 Å². The number of hydrogen-bond acceptors (Lipinski definition) is 4. The highest BCUT2D eigenvalue weighted by Crippen LogP contribution is 2.14. The van der Waals surface area contributed by atoms with E-state index in [4.69, 9.17) is 0 Å². The van der Waals surface area contributed by atoms with E-state index in [2.05, 4.69) is 21.7 Å². The maximum absolute atomic E-state index is 3.93. The summed E-state index contributed by atoms with van der Waals surface area (Å²) in [5.41, 5.74) is 0. The molecule has 2 rings (SSSR count). The fraction of sp³-hybridized carbons (Fsp3) is 0.143. The van der Waals surface area contributed by atoms with Crippen molar-refractivity contribution in [2.24, 2.45) is 0 Å². The Bertz CT molecular complexity index is 264. The molecular formula is C7H7N3S. The Hall–Kier alpha value is -1.16. The van der Waals surface area contributed by atoms with E-state index in [-0.39, 0.29) is 0 Å². The maximum atomic E-state index is 3.93. The summed E-state index contributed by atoms with van der Waals surface area (Å²) < 4.78 is 3.78. The second-order valence-electron chi connectivity index (χ2n) is 2.18. The van der Waals surface area contributed by atoms with E-state index in [1.807, 2.05) is 22.7 Å². The molecule has 0 N–H and O–H groups in total. The fourth-order valence-electron chi connectivity index (χ4n) is 0.902. The molecule has 0 aromatic carbocycles. The Balaban J connectivity index is 2.23. The number of nitrogens with zero attached hydrogens (tertiary/aromatic N) is 3. The molecule has 2 heterocycles. The van der Waals surface area contributed by atoms with E-state index in [0.717, 1.165) is 12.2 Å². The first-order chi connectivity index (χ1) is 5.47. The van der Waals surface area contributed by atoms with Crippen LogP contribution in [0.5, 0.6) is 0 Å². The second kappa shape index (κ2) is 2.84. The van der Waals surface area contributed by atoms with Crippen LogP contribution in [-0.4, -0.2) is 9.59 Å². The molecule has 0 saturated heterocycles. The highest BCUT2D eigenvalue weighted by atomic mass is 32.1. The molecule has 1 aliphatic heterocycles. The molecule has 0 aliphatic carbocycles. The summed E-state index contributed by atoms with van der Waals surface area (Å²) in [6.07, 6.45) is 9.17. The Morgan fingerprint density at radius 2 is 2.18 bits per heavy atom. The van der Waals surface area contributed by atoms with Crippen LogP contribution < -0.4 is 4.90 Å². The van der Waals surface area contributed by atoms with Crippen LogP contribution in [0, 0.1) is 0 Å². The molecule has 3 nitrogen and oxygen atoms in total. The van der Waals surface area contributed by atoms with Gasteiger partial charge in [0.1, 0.15) is 0 Å². The second-order valence-corrected chi connectivity index (χ2v) is 2.79. The van der Waals surface area contributed by atoms with Gasteiger partial charge in [-0.2, -0.15) is 0 Å². The van der Waals surface area contributed by atoms with Gasteiger partial charge < -0.3 is 4.90 Å². The third kappa shape index (κ3) is 1.30. The summed E-state index contributed by atoms with van der Waals surface area (Å²) >= 11 is 1.36. The molecule has 4 heteroatoms. The molecule has 0 amide bonds. The Kier molecular flexibility index (Phi) is 1.69. The lowest BCUT2D eigenvalue weighted by Gasteiger charge is -2.13. The van der Waals surface area contributed by atoms with Gasteiger partial charge in [-0.15, -0.1) is 5.10 Å². The summed E-state index contributed by atoms with van der Waals surface area (Å²) in [6.45, 7) is 0. The van der Waals surface area contributed by atoms with Crippen LogP contribution >= 0.6 is 11.5 Å². The van der Waals surface area contributed by atoms with Crippen molar-refractivity contribution < 1.29 is 0 Å². The number of aromatic nitrogens is 2. The van der Waals surface area contributed by atoms with Gasteiger partial charge in [0.05, 0.1) is 5.38 Å². The Morgan fingerprint density at radius 3 is 2.82 bits per heavy atom. The van der Waals surface area contributed by atoms with E-state index in [1.54, 1.807) is 0 Å². The van der Waals surface area contributed by atoms with Crippen LogP contribution in [0.1, 0.15) is 6.42 Å². The van der Waals surface area contributed by atoms with E-state index >= 15 is 0 Å². The third-order valence-corrected chi connectivity index (χ3v) is 1.91. The topological polar surface area (TPSA) is 29.0 Å². The quantitative estimate of drug-likeness (QED) is 0.635. The number of rotatable bonds is 1. The molecule has 0 fully saturated rings. The van der Waals surface area contributed by atoms with Gasteiger partial charge in [0.15, 0.2) is 5.82 Å². The molecule has 56 valence electrons. The zero-order chi connectivity index (χ0) is 7.52. The predicted molar refractivity (Wildman–Crippen MR) is 45.3 cm³/mol. The summed E-state index contributed by atoms with van der Waals surface area (Å²) in [5.74, 6) is 0.891. The van der Waals surface area contributed by atoms with Crippen LogP contribution in [0.2, 0.25) is 0 Å². The fourth-order valence-corrected chi connectivity index (χ4v) is 1.34. The van der Waals surface area contributed by atoms with Gasteiger partial charge in [-0.1, -0.05) is 16.6 Å². The van der Waals surface area contributed by atoms with E-state index in [1.165, 1.54) is 11.5 Å². The molecule has 1 aromatic rings. The smallest absolute Gasteiger partial charge is 0.171 e. The Morgan fingerprint density at radius 1 is 1.36 bits per heavy atom. The summed E-state index contributed by atoms with van der Waals surface area (Å²) in [6, 6.07) is 0. The average Bonchev–Trinajstić information content (AvgIpc) is 2.58. The SMILES string of the molecule is C1=CN(c2csnn2)C=CC1. The molecular weight excluding hydrogens is 158 g/mol. The molecule has 0 unspecified atom stereocenters. The van der Waals surface area contributed by atoms with Gasteiger partial charge in [-0.25, -0.2) is 0 Å². The summed E-state index contributed by atoms with van der Waals surface area (Å²) in [7, 11) is 0. The van der Waals surface area contributed by atoms with Crippen LogP contribution in [0.3, 0.4) is 0 Å². The molecule has 0 radical (unpaired) electrons. The van der Waals surface area contributed by atoms with E-state index in [0.29, 0.717) is 0 Å². The zero-order valence-corrected chi connectivity index (χ0v) is 6.66. The minimum Gasteiger partial charge on any atom is -0.307 e. The van der Waals surface area contributed by atoms with Gasteiger partial charge >= 0.3 is 0 Å². The third-order valence-electron chi connectivity index (χ3n) is 1.42. The minimum absolute atomic E-state index is 0.891. The van der Waals surface area contributed by atoms with Crippen LogP contribution in [-0.2, 0) is 0 Å². The van der Waals surface area contributed by atoms with Crippen LogP contribution in [0.4, 0.5) is 5.82 Å². The summed E-state index contributed by atoms with van der Waals surface area (Å²) in [4.78, 5) is 1.95. The van der Waals surface area contributed by atoms with Crippen molar-refractivity contribution in [2.75, 3.05) is 4.90 Å². The van der Waals surface area contributed by atoms with Gasteiger partial charge in [0.2, 0.25) is 0 Å². The minimum atomic E-state index is 0.891. The lowest BCUT2D eigenvalue weighted by Crippen LogP contribution is -2.08. The van der Waals surface area contributed by atoms with Gasteiger partial charge in [0.25, 0.3) is 0 Å². The van der Waals surface area contributed by atoms with Crippen molar-refractivity contribution in [3.8, 4) is 0 Å². The highest BCUT2D eigenvalue weighted by molar-refractivity contribution is 7.03. The lowest BCUT2D eigenvalue weighted by molar-refractivity contribution is 1.07. The molecule has 0 atom stereocenters. The first-order valence-electron chi connectivity index (χ1n) is 3.35. The summed E-state index contributed by atoms with van der Waals surface area (Å²) in [5, 5.41) is 5.85. The van der Waals surface area contributed by atoms with Gasteiger partial charge in [-0.05, 0) is 18.0 Å². The highest BCUT2D eigenvalue weighted by Gasteiger charge is 2.02. The Labute approximate surface area is 68.8 Å². The van der Waals surface area contributed by atoms with Gasteiger partial charge in [-0.3, -0.25) is 0 Å². The monoisotopic (exact) mass is 165 g/mol. The number of allylic oxidation sites excluding steroid dienone is 2. The maximum Gasteiger partial charge on any atom is 0.171 e. The predicted octanol–water partition coefficient (Wildman–Crippen LogP) is 1.78. The molecule has 0 bridgehead atoms. The van der Waals surface area contributed by atoms with Crippen molar-refractivity contribution in [1.29, 1.82) is 0 Å². The standard InChI is InChI=1S/C7H7N3S/c1-2-4-10(5-3-1)7-6-11-9-8-7/h2-6H,1H2. The van der Waals surface area contributed by atoms with Gasteiger partial charge in [0, 0.05) is 12.4 Å². The first-order valence-corrected chi connectivity index (χ1v) is 4.19. The van der Waals surface area contributed by atoms with Crippen molar-refractivity contribution in [2.45, 2.75) is 6.42 Å².